The molecule has 2 aliphatic rings. The van der Waals surface area contributed by atoms with Gasteiger partial charge in [0.1, 0.15) is 11.2 Å². The van der Waals surface area contributed by atoms with Crippen molar-refractivity contribution in [2.75, 3.05) is 32.8 Å². The van der Waals surface area contributed by atoms with Gasteiger partial charge in [0.15, 0.2) is 0 Å². The first kappa shape index (κ1) is 27.4. The predicted octanol–water partition coefficient (Wildman–Crippen LogP) is 5.31. The van der Waals surface area contributed by atoms with Crippen LogP contribution in [0.2, 0.25) is 0 Å². The first-order valence-corrected chi connectivity index (χ1v) is 13.7. The molecule has 1 fully saturated rings. The fourth-order valence-corrected chi connectivity index (χ4v) is 5.65. The molecule has 208 valence electrons. The molecule has 39 heavy (non-hydrogen) atoms. The van der Waals surface area contributed by atoms with Crippen molar-refractivity contribution in [3.8, 4) is 11.1 Å². The van der Waals surface area contributed by atoms with Crippen LogP contribution < -0.4 is 0 Å². The summed E-state index contributed by atoms with van der Waals surface area (Å²) in [6.07, 6.45) is 6.17. The molecule has 1 atom stereocenters. The standard InChI is InChI=1S/C31H40N4O4/c1-7-20-15-32-28-24(20)14-23(16-33-28)22-12-21-8-9-34(19-31(5,6)37)17-26(21)25(13-22)27-18-38-11-10-35(27)29(36)39-30(2,3)4/h7,12-16,27,37H,1,8-11,17-19H2,2-6H3,(H,32,33)/t27-/m0/s1. The summed E-state index contributed by atoms with van der Waals surface area (Å²) in [4.78, 5) is 25.3. The minimum Gasteiger partial charge on any atom is -0.444 e. The number of H-pyrrole nitrogens is 1. The van der Waals surface area contributed by atoms with E-state index in [1.54, 1.807) is 0 Å². The van der Waals surface area contributed by atoms with Gasteiger partial charge in [0, 0.05) is 55.1 Å². The summed E-state index contributed by atoms with van der Waals surface area (Å²) in [5.74, 6) is 0. The number of carbonyl (C=O) groups excluding carboxylic acids is 1. The molecule has 0 unspecified atom stereocenters. The molecule has 1 amide bonds. The second-order valence-corrected chi connectivity index (χ2v) is 12.3. The van der Waals surface area contributed by atoms with E-state index in [0.717, 1.165) is 46.3 Å². The number of aliphatic hydroxyl groups is 1. The molecule has 0 spiro atoms. The maximum atomic E-state index is 13.3. The van der Waals surface area contributed by atoms with Gasteiger partial charge in [0.2, 0.25) is 0 Å². The fraction of sp³-hybridized carbons (Fsp3) is 0.484. The largest absolute Gasteiger partial charge is 0.444 e. The Bertz CT molecular complexity index is 1380. The van der Waals surface area contributed by atoms with Gasteiger partial charge in [-0.15, -0.1) is 0 Å². The highest BCUT2D eigenvalue weighted by Gasteiger charge is 2.35. The van der Waals surface area contributed by atoms with Crippen molar-refractivity contribution in [3.63, 3.8) is 0 Å². The molecule has 4 heterocycles. The van der Waals surface area contributed by atoms with Crippen LogP contribution in [0.1, 0.15) is 62.9 Å². The third-order valence-electron chi connectivity index (χ3n) is 7.30. The van der Waals surface area contributed by atoms with E-state index in [1.807, 2.05) is 58.0 Å². The predicted molar refractivity (Wildman–Crippen MR) is 153 cm³/mol. The molecule has 0 bridgehead atoms. The molecular weight excluding hydrogens is 492 g/mol. The van der Waals surface area contributed by atoms with Crippen LogP contribution in [0.4, 0.5) is 4.79 Å². The average Bonchev–Trinajstić information content (AvgIpc) is 3.28. The zero-order valence-corrected chi connectivity index (χ0v) is 23.7. The number of hydrogen-bond acceptors (Lipinski definition) is 6. The number of carbonyl (C=O) groups is 1. The van der Waals surface area contributed by atoms with Crippen LogP contribution in [0.15, 0.2) is 37.2 Å². The quantitative estimate of drug-likeness (QED) is 0.463. The van der Waals surface area contributed by atoms with Crippen LogP contribution in [0, 0.1) is 0 Å². The lowest BCUT2D eigenvalue weighted by Crippen LogP contribution is -2.47. The smallest absolute Gasteiger partial charge is 0.410 e. The molecule has 3 aromatic rings. The zero-order valence-electron chi connectivity index (χ0n) is 23.7. The topological polar surface area (TPSA) is 90.9 Å². The summed E-state index contributed by atoms with van der Waals surface area (Å²) < 4.78 is 11.7. The highest BCUT2D eigenvalue weighted by atomic mass is 16.6. The fourth-order valence-electron chi connectivity index (χ4n) is 5.65. The molecular formula is C31H40N4O4. The minimum atomic E-state index is -0.797. The number of β-amino-alcohol motifs (C(OH)–C–C–N with tert-alkyl or cyclic N) is 1. The van der Waals surface area contributed by atoms with E-state index in [4.69, 9.17) is 9.47 Å². The second-order valence-electron chi connectivity index (χ2n) is 12.3. The molecule has 8 heteroatoms. The van der Waals surface area contributed by atoms with E-state index in [0.29, 0.717) is 32.8 Å². The first-order chi connectivity index (χ1) is 18.4. The summed E-state index contributed by atoms with van der Waals surface area (Å²) in [6, 6.07) is 6.31. The van der Waals surface area contributed by atoms with Gasteiger partial charge >= 0.3 is 6.09 Å². The van der Waals surface area contributed by atoms with Crippen LogP contribution in [0.5, 0.6) is 0 Å². The number of aromatic amines is 1. The highest BCUT2D eigenvalue weighted by Crippen LogP contribution is 2.37. The monoisotopic (exact) mass is 532 g/mol. The minimum absolute atomic E-state index is 0.280. The number of pyridine rings is 1. The van der Waals surface area contributed by atoms with Gasteiger partial charge in [-0.25, -0.2) is 9.78 Å². The van der Waals surface area contributed by atoms with E-state index < -0.39 is 11.2 Å². The third kappa shape index (κ3) is 6.03. The average molecular weight is 533 g/mol. The lowest BCUT2D eigenvalue weighted by atomic mass is 9.86. The van der Waals surface area contributed by atoms with Crippen LogP contribution in [0.3, 0.4) is 0 Å². The molecule has 2 N–H and O–H groups in total. The van der Waals surface area contributed by atoms with Gasteiger partial charge in [0.25, 0.3) is 0 Å². The van der Waals surface area contributed by atoms with Crippen LogP contribution in [-0.4, -0.2) is 75.0 Å². The summed E-state index contributed by atoms with van der Waals surface area (Å²) in [7, 11) is 0. The van der Waals surface area contributed by atoms with E-state index in [1.165, 1.54) is 11.1 Å². The molecule has 2 aromatic heterocycles. The Morgan fingerprint density at radius 2 is 2.03 bits per heavy atom. The Morgan fingerprint density at radius 1 is 1.23 bits per heavy atom. The summed E-state index contributed by atoms with van der Waals surface area (Å²) in [5, 5.41) is 11.5. The molecule has 1 saturated heterocycles. The highest BCUT2D eigenvalue weighted by molar-refractivity contribution is 5.89. The number of amides is 1. The Kier molecular flexibility index (Phi) is 7.31. The van der Waals surface area contributed by atoms with Crippen molar-refractivity contribution in [2.45, 2.75) is 64.8 Å². The van der Waals surface area contributed by atoms with Gasteiger partial charge in [-0.3, -0.25) is 9.80 Å². The summed E-state index contributed by atoms with van der Waals surface area (Å²) in [5.41, 5.74) is 6.02. The van der Waals surface area contributed by atoms with Crippen molar-refractivity contribution in [2.24, 2.45) is 0 Å². The SMILES string of the molecule is C=Cc1c[nH]c2ncc(-c3cc4c(c([C@@H]5COCCN5C(=O)OC(C)(C)C)c3)CN(CC(C)(C)O)CC4)cc12. The maximum absolute atomic E-state index is 13.3. The van der Waals surface area contributed by atoms with Crippen LogP contribution in [-0.2, 0) is 22.4 Å². The van der Waals surface area contributed by atoms with Gasteiger partial charge in [-0.2, -0.15) is 0 Å². The number of morpholine rings is 1. The molecule has 8 nitrogen and oxygen atoms in total. The van der Waals surface area contributed by atoms with Gasteiger partial charge in [-0.05, 0) is 75.4 Å². The van der Waals surface area contributed by atoms with E-state index in [9.17, 15) is 9.90 Å². The van der Waals surface area contributed by atoms with E-state index >= 15 is 0 Å². The molecule has 0 aliphatic carbocycles. The number of rotatable bonds is 5. The van der Waals surface area contributed by atoms with Crippen molar-refractivity contribution in [1.29, 1.82) is 0 Å². The van der Waals surface area contributed by atoms with Gasteiger partial charge in [0.05, 0.1) is 24.9 Å². The number of ether oxygens (including phenoxy) is 2. The number of aromatic nitrogens is 2. The van der Waals surface area contributed by atoms with Crippen molar-refractivity contribution < 1.29 is 19.4 Å². The number of nitrogens with one attached hydrogen (secondary N) is 1. The number of fused-ring (bicyclic) bond motifs is 2. The Balaban J connectivity index is 1.61. The summed E-state index contributed by atoms with van der Waals surface area (Å²) >= 11 is 0. The van der Waals surface area contributed by atoms with Gasteiger partial charge in [-0.1, -0.05) is 18.7 Å². The van der Waals surface area contributed by atoms with E-state index in [-0.39, 0.29) is 12.1 Å². The van der Waals surface area contributed by atoms with Crippen LogP contribution >= 0.6 is 0 Å². The molecule has 1 aromatic carbocycles. The number of benzene rings is 1. The maximum Gasteiger partial charge on any atom is 0.410 e. The first-order valence-electron chi connectivity index (χ1n) is 13.7. The van der Waals surface area contributed by atoms with Gasteiger partial charge < -0.3 is 19.6 Å². The lowest BCUT2D eigenvalue weighted by molar-refractivity contribution is -0.0335. The number of nitrogens with zero attached hydrogens (tertiary/aromatic N) is 3. The lowest BCUT2D eigenvalue weighted by Gasteiger charge is -2.40. The molecule has 2 aliphatic heterocycles. The Hall–Kier alpha value is -3.20. The molecule has 0 saturated carbocycles. The van der Waals surface area contributed by atoms with Crippen LogP contribution in [0.25, 0.3) is 28.2 Å². The Labute approximate surface area is 230 Å². The summed E-state index contributed by atoms with van der Waals surface area (Å²) in [6.45, 7) is 16.7. The normalized spacial score (nSPS) is 18.7. The molecule has 0 radical (unpaired) electrons. The third-order valence-corrected chi connectivity index (χ3v) is 7.30. The van der Waals surface area contributed by atoms with Crippen molar-refractivity contribution in [3.05, 3.63) is 59.4 Å². The van der Waals surface area contributed by atoms with E-state index in [2.05, 4.69) is 39.6 Å². The second kappa shape index (κ2) is 10.4. The Morgan fingerprint density at radius 3 is 2.74 bits per heavy atom. The van der Waals surface area contributed by atoms with Crippen molar-refractivity contribution in [1.82, 2.24) is 19.8 Å². The molecule has 5 rings (SSSR count). The number of hydrogen-bond donors (Lipinski definition) is 2. The zero-order chi connectivity index (χ0) is 27.9. The van der Waals surface area contributed by atoms with Crippen molar-refractivity contribution >= 4 is 23.2 Å².